The lowest BCUT2D eigenvalue weighted by Gasteiger charge is -2.25. The number of rotatable bonds is 11. The van der Waals surface area contributed by atoms with Crippen molar-refractivity contribution in [1.29, 1.82) is 0 Å². The van der Waals surface area contributed by atoms with Crippen LogP contribution in [0.2, 0.25) is 0 Å². The number of amides is 1. The number of benzene rings is 2. The summed E-state index contributed by atoms with van der Waals surface area (Å²) in [6, 6.07) is 17.4. The van der Waals surface area contributed by atoms with E-state index >= 15 is 0 Å². The van der Waals surface area contributed by atoms with Crippen LogP contribution in [0.3, 0.4) is 0 Å². The summed E-state index contributed by atoms with van der Waals surface area (Å²) < 4.78 is 5.50. The van der Waals surface area contributed by atoms with Gasteiger partial charge < -0.3 is 15.0 Å². The fourth-order valence-electron chi connectivity index (χ4n) is 2.71. The second-order valence-electron chi connectivity index (χ2n) is 6.39. The van der Waals surface area contributed by atoms with Crippen LogP contribution in [0.1, 0.15) is 39.5 Å². The van der Waals surface area contributed by atoms with E-state index in [2.05, 4.69) is 30.1 Å². The molecule has 26 heavy (non-hydrogen) atoms. The number of para-hydroxylation sites is 1. The number of anilines is 2. The molecule has 0 aliphatic heterocycles. The van der Waals surface area contributed by atoms with Crippen LogP contribution in [0.5, 0.6) is 5.75 Å². The Hall–Kier alpha value is -2.49. The second-order valence-corrected chi connectivity index (χ2v) is 6.39. The molecule has 140 valence electrons. The van der Waals surface area contributed by atoms with Crippen molar-refractivity contribution in [3.63, 3.8) is 0 Å². The fraction of sp³-hybridized carbons (Fsp3) is 0.409. The van der Waals surface area contributed by atoms with Gasteiger partial charge in [0.15, 0.2) is 6.61 Å². The van der Waals surface area contributed by atoms with Gasteiger partial charge in [-0.3, -0.25) is 4.79 Å². The van der Waals surface area contributed by atoms with Crippen LogP contribution in [-0.4, -0.2) is 25.6 Å². The molecule has 0 aliphatic carbocycles. The van der Waals surface area contributed by atoms with E-state index in [4.69, 9.17) is 4.74 Å². The SMILES string of the molecule is CCCCN(CCCC)c1cccc(NC(=O)COc2ccccc2)c1. The zero-order valence-electron chi connectivity index (χ0n) is 15.9. The van der Waals surface area contributed by atoms with Crippen LogP contribution in [0.4, 0.5) is 11.4 Å². The molecule has 1 N–H and O–H groups in total. The minimum Gasteiger partial charge on any atom is -0.484 e. The maximum absolute atomic E-state index is 12.2. The Bertz CT molecular complexity index is 650. The topological polar surface area (TPSA) is 41.6 Å². The van der Waals surface area contributed by atoms with Gasteiger partial charge in [-0.1, -0.05) is 51.0 Å². The molecule has 0 atom stereocenters. The minimum atomic E-state index is -0.153. The highest BCUT2D eigenvalue weighted by Crippen LogP contribution is 2.21. The van der Waals surface area contributed by atoms with Gasteiger partial charge in [0.25, 0.3) is 5.91 Å². The number of hydrogen-bond donors (Lipinski definition) is 1. The van der Waals surface area contributed by atoms with Crippen molar-refractivity contribution in [2.75, 3.05) is 29.9 Å². The van der Waals surface area contributed by atoms with Gasteiger partial charge in [-0.15, -0.1) is 0 Å². The summed E-state index contributed by atoms with van der Waals surface area (Å²) in [6.45, 7) is 6.52. The molecule has 0 heterocycles. The van der Waals surface area contributed by atoms with E-state index in [0.29, 0.717) is 5.75 Å². The molecule has 4 nitrogen and oxygen atoms in total. The molecular formula is C22H30N2O2. The number of ether oxygens (including phenoxy) is 1. The van der Waals surface area contributed by atoms with Crippen molar-refractivity contribution in [2.45, 2.75) is 39.5 Å². The molecule has 0 spiro atoms. The lowest BCUT2D eigenvalue weighted by Crippen LogP contribution is -2.26. The second kappa shape index (κ2) is 11.2. The molecule has 2 rings (SSSR count). The van der Waals surface area contributed by atoms with Crippen molar-refractivity contribution >= 4 is 17.3 Å². The maximum atomic E-state index is 12.2. The average Bonchev–Trinajstić information content (AvgIpc) is 2.67. The third-order valence-electron chi connectivity index (χ3n) is 4.17. The number of hydrogen-bond acceptors (Lipinski definition) is 3. The van der Waals surface area contributed by atoms with Gasteiger partial charge in [0.05, 0.1) is 0 Å². The van der Waals surface area contributed by atoms with E-state index in [9.17, 15) is 4.79 Å². The molecule has 0 radical (unpaired) electrons. The van der Waals surface area contributed by atoms with Crippen LogP contribution in [0.15, 0.2) is 54.6 Å². The predicted molar refractivity (Wildman–Crippen MR) is 109 cm³/mol. The summed E-state index contributed by atoms with van der Waals surface area (Å²) >= 11 is 0. The van der Waals surface area contributed by atoms with Gasteiger partial charge in [0.1, 0.15) is 5.75 Å². The predicted octanol–water partition coefficient (Wildman–Crippen LogP) is 5.11. The standard InChI is InChI=1S/C22H30N2O2/c1-3-5-15-24(16-6-4-2)20-12-10-11-19(17-20)23-22(25)18-26-21-13-8-7-9-14-21/h7-14,17H,3-6,15-16,18H2,1-2H3,(H,23,25). The van der Waals surface area contributed by atoms with E-state index in [1.165, 1.54) is 25.7 Å². The molecule has 2 aromatic rings. The van der Waals surface area contributed by atoms with Crippen LogP contribution >= 0.6 is 0 Å². The molecule has 0 saturated heterocycles. The summed E-state index contributed by atoms with van der Waals surface area (Å²) in [5.74, 6) is 0.543. The molecule has 0 aliphatic rings. The van der Waals surface area contributed by atoms with E-state index in [-0.39, 0.29) is 12.5 Å². The van der Waals surface area contributed by atoms with Crippen LogP contribution < -0.4 is 15.0 Å². The molecular weight excluding hydrogens is 324 g/mol. The van der Waals surface area contributed by atoms with Crippen molar-refractivity contribution in [2.24, 2.45) is 0 Å². The Labute approximate surface area is 157 Å². The summed E-state index contributed by atoms with van der Waals surface area (Å²) in [4.78, 5) is 14.6. The van der Waals surface area contributed by atoms with Crippen LogP contribution in [0, 0.1) is 0 Å². The molecule has 0 fully saturated rings. The molecule has 0 unspecified atom stereocenters. The number of unbranched alkanes of at least 4 members (excludes halogenated alkanes) is 2. The number of nitrogens with one attached hydrogen (secondary N) is 1. The van der Waals surface area contributed by atoms with Crippen molar-refractivity contribution < 1.29 is 9.53 Å². The highest BCUT2D eigenvalue weighted by Gasteiger charge is 2.08. The van der Waals surface area contributed by atoms with Crippen LogP contribution in [0.25, 0.3) is 0 Å². The monoisotopic (exact) mass is 354 g/mol. The Kier molecular flexibility index (Phi) is 8.53. The fourth-order valence-corrected chi connectivity index (χ4v) is 2.71. The third kappa shape index (κ3) is 6.79. The Morgan fingerprint density at radius 3 is 2.31 bits per heavy atom. The van der Waals surface area contributed by atoms with Crippen molar-refractivity contribution in [3.05, 3.63) is 54.6 Å². The Morgan fingerprint density at radius 2 is 1.65 bits per heavy atom. The number of carbonyl (C=O) groups is 1. The first-order chi connectivity index (χ1) is 12.7. The van der Waals surface area contributed by atoms with Gasteiger partial charge in [0.2, 0.25) is 0 Å². The molecule has 1 amide bonds. The van der Waals surface area contributed by atoms with Gasteiger partial charge in [-0.2, -0.15) is 0 Å². The van der Waals surface area contributed by atoms with E-state index in [1.54, 1.807) is 0 Å². The normalized spacial score (nSPS) is 10.4. The summed E-state index contributed by atoms with van der Waals surface area (Å²) in [5, 5.41) is 2.93. The summed E-state index contributed by atoms with van der Waals surface area (Å²) in [7, 11) is 0. The lowest BCUT2D eigenvalue weighted by atomic mass is 10.2. The highest BCUT2D eigenvalue weighted by atomic mass is 16.5. The first-order valence-corrected chi connectivity index (χ1v) is 9.55. The minimum absolute atomic E-state index is 0.00360. The van der Waals surface area contributed by atoms with Gasteiger partial charge in [0, 0.05) is 24.5 Å². The van der Waals surface area contributed by atoms with Crippen molar-refractivity contribution in [3.8, 4) is 5.75 Å². The van der Waals surface area contributed by atoms with Crippen molar-refractivity contribution in [1.82, 2.24) is 0 Å². The molecule has 0 saturated carbocycles. The summed E-state index contributed by atoms with van der Waals surface area (Å²) in [6.07, 6.45) is 4.70. The third-order valence-corrected chi connectivity index (χ3v) is 4.17. The van der Waals surface area contributed by atoms with Crippen LogP contribution in [-0.2, 0) is 4.79 Å². The largest absolute Gasteiger partial charge is 0.484 e. The highest BCUT2D eigenvalue weighted by molar-refractivity contribution is 5.92. The summed E-state index contributed by atoms with van der Waals surface area (Å²) in [5.41, 5.74) is 1.97. The van der Waals surface area contributed by atoms with E-state index < -0.39 is 0 Å². The Balaban J connectivity index is 1.94. The van der Waals surface area contributed by atoms with Gasteiger partial charge in [-0.05, 0) is 43.2 Å². The van der Waals surface area contributed by atoms with Gasteiger partial charge >= 0.3 is 0 Å². The first-order valence-electron chi connectivity index (χ1n) is 9.55. The quantitative estimate of drug-likeness (QED) is 0.609. The molecule has 4 heteroatoms. The lowest BCUT2D eigenvalue weighted by molar-refractivity contribution is -0.118. The van der Waals surface area contributed by atoms with E-state index in [1.807, 2.05) is 48.5 Å². The zero-order valence-corrected chi connectivity index (χ0v) is 15.9. The zero-order chi connectivity index (χ0) is 18.6. The number of nitrogens with zero attached hydrogens (tertiary/aromatic N) is 1. The maximum Gasteiger partial charge on any atom is 0.262 e. The number of carbonyl (C=O) groups excluding carboxylic acids is 1. The van der Waals surface area contributed by atoms with Gasteiger partial charge in [-0.25, -0.2) is 0 Å². The average molecular weight is 354 g/mol. The molecule has 0 aromatic heterocycles. The smallest absolute Gasteiger partial charge is 0.262 e. The molecule has 0 bridgehead atoms. The molecule has 2 aromatic carbocycles. The Morgan fingerprint density at radius 1 is 0.962 bits per heavy atom. The first kappa shape index (κ1) is 19.8. The van der Waals surface area contributed by atoms with E-state index in [0.717, 1.165) is 24.5 Å².